The number of carbonyl (C=O) groups excluding carboxylic acids is 1. The zero-order valence-corrected chi connectivity index (χ0v) is 11.0. The van der Waals surface area contributed by atoms with Crippen molar-refractivity contribution in [1.29, 1.82) is 0 Å². The van der Waals surface area contributed by atoms with Crippen molar-refractivity contribution in [2.45, 2.75) is 26.4 Å². The molecule has 0 spiro atoms. The summed E-state index contributed by atoms with van der Waals surface area (Å²) in [7, 11) is 0. The van der Waals surface area contributed by atoms with E-state index in [2.05, 4.69) is 0 Å². The van der Waals surface area contributed by atoms with Gasteiger partial charge in [-0.15, -0.1) is 0 Å². The highest BCUT2D eigenvalue weighted by Crippen LogP contribution is 2.22. The Hall–Kier alpha value is -1.49. The first kappa shape index (κ1) is 13.9. The van der Waals surface area contributed by atoms with Crippen LogP contribution in [0.1, 0.15) is 29.3 Å². The average molecular weight is 269 g/mol. The molecular formula is C14H17F2NO2. The second kappa shape index (κ2) is 5.25. The molecule has 2 atom stereocenters. The molecule has 1 aliphatic rings. The fourth-order valence-electron chi connectivity index (χ4n) is 2.24. The van der Waals surface area contributed by atoms with Gasteiger partial charge in [-0.05, 0) is 30.9 Å². The molecule has 5 heteroatoms. The molecule has 1 aromatic carbocycles. The van der Waals surface area contributed by atoms with E-state index in [1.165, 1.54) is 17.9 Å². The summed E-state index contributed by atoms with van der Waals surface area (Å²) in [6.45, 7) is 3.90. The zero-order chi connectivity index (χ0) is 14.2. The first-order valence-electron chi connectivity index (χ1n) is 6.33. The normalized spacial score (nSPS) is 23.5. The number of rotatable bonds is 1. The summed E-state index contributed by atoms with van der Waals surface area (Å²) < 4.78 is 27.6. The van der Waals surface area contributed by atoms with Gasteiger partial charge in [-0.3, -0.25) is 4.79 Å². The third-order valence-corrected chi connectivity index (χ3v) is 3.70. The molecule has 1 N–H and O–H groups in total. The Morgan fingerprint density at radius 3 is 2.74 bits per heavy atom. The molecule has 1 saturated heterocycles. The smallest absolute Gasteiger partial charge is 0.259 e. The number of carbonyl (C=O) groups is 1. The number of benzene rings is 1. The summed E-state index contributed by atoms with van der Waals surface area (Å²) in [6.07, 6.45) is -0.0178. The van der Waals surface area contributed by atoms with Gasteiger partial charge in [-0.25, -0.2) is 8.78 Å². The van der Waals surface area contributed by atoms with Gasteiger partial charge in [0.15, 0.2) is 0 Å². The lowest BCUT2D eigenvalue weighted by Gasteiger charge is -2.34. The lowest BCUT2D eigenvalue weighted by atomic mass is 9.95. The number of likely N-dealkylation sites (tertiary alicyclic amines) is 1. The van der Waals surface area contributed by atoms with Crippen LogP contribution in [0.15, 0.2) is 12.1 Å². The van der Waals surface area contributed by atoms with Gasteiger partial charge in [-0.2, -0.15) is 0 Å². The Kier molecular flexibility index (Phi) is 3.85. The van der Waals surface area contributed by atoms with Gasteiger partial charge in [0.1, 0.15) is 17.2 Å². The summed E-state index contributed by atoms with van der Waals surface area (Å²) in [6, 6.07) is 2.39. The van der Waals surface area contributed by atoms with Crippen molar-refractivity contribution in [2.75, 3.05) is 13.1 Å². The summed E-state index contributed by atoms with van der Waals surface area (Å²) in [5, 5.41) is 9.76. The van der Waals surface area contributed by atoms with Crippen molar-refractivity contribution in [3.63, 3.8) is 0 Å². The molecule has 1 amide bonds. The molecule has 2 unspecified atom stereocenters. The van der Waals surface area contributed by atoms with Crippen LogP contribution in [0.25, 0.3) is 0 Å². The minimum absolute atomic E-state index is 0.0938. The van der Waals surface area contributed by atoms with Gasteiger partial charge >= 0.3 is 0 Å². The maximum Gasteiger partial charge on any atom is 0.259 e. The largest absolute Gasteiger partial charge is 0.391 e. The fourth-order valence-corrected chi connectivity index (χ4v) is 2.24. The molecule has 1 aromatic rings. The van der Waals surface area contributed by atoms with Crippen molar-refractivity contribution in [3.05, 3.63) is 34.9 Å². The maximum absolute atomic E-state index is 13.9. The Bertz CT molecular complexity index is 504. The molecule has 0 aliphatic carbocycles. The number of nitrogens with zero attached hydrogens (tertiary/aromatic N) is 1. The standard InChI is InChI=1S/C14H17F2NO2/c1-8-5-6-17(7-11(8)18)14(19)12-10(15)4-3-9(2)13(12)16/h3-4,8,11,18H,5-7H2,1-2H3. The van der Waals surface area contributed by atoms with Crippen LogP contribution in [-0.4, -0.2) is 35.1 Å². The highest BCUT2D eigenvalue weighted by atomic mass is 19.1. The second-order valence-corrected chi connectivity index (χ2v) is 5.14. The number of amides is 1. The van der Waals surface area contributed by atoms with Crippen LogP contribution in [-0.2, 0) is 0 Å². The lowest BCUT2D eigenvalue weighted by molar-refractivity contribution is 0.0243. The van der Waals surface area contributed by atoms with Gasteiger partial charge in [0.05, 0.1) is 6.10 Å². The van der Waals surface area contributed by atoms with E-state index < -0.39 is 29.2 Å². The number of β-amino-alcohol motifs (C(OH)–C–C–N with tert-alkyl or cyclic N) is 1. The molecule has 19 heavy (non-hydrogen) atoms. The van der Waals surface area contributed by atoms with Crippen molar-refractivity contribution >= 4 is 5.91 Å². The van der Waals surface area contributed by atoms with Crippen LogP contribution in [0.2, 0.25) is 0 Å². The van der Waals surface area contributed by atoms with E-state index in [0.29, 0.717) is 13.0 Å². The zero-order valence-electron chi connectivity index (χ0n) is 11.0. The molecule has 2 rings (SSSR count). The minimum atomic E-state index is -0.860. The molecule has 104 valence electrons. The summed E-state index contributed by atoms with van der Waals surface area (Å²) >= 11 is 0. The SMILES string of the molecule is Cc1ccc(F)c(C(=O)N2CCC(C)C(O)C2)c1F. The van der Waals surface area contributed by atoms with E-state index in [9.17, 15) is 18.7 Å². The Morgan fingerprint density at radius 2 is 2.11 bits per heavy atom. The van der Waals surface area contributed by atoms with E-state index in [1.807, 2.05) is 6.92 Å². The van der Waals surface area contributed by atoms with E-state index in [4.69, 9.17) is 0 Å². The predicted octanol–water partition coefficient (Wildman–Crippen LogP) is 2.12. The van der Waals surface area contributed by atoms with E-state index in [0.717, 1.165) is 6.07 Å². The van der Waals surface area contributed by atoms with Gasteiger partial charge < -0.3 is 10.0 Å². The number of aryl methyl sites for hydroxylation is 1. The number of piperidine rings is 1. The summed E-state index contributed by atoms with van der Waals surface area (Å²) in [5.41, 5.74) is -0.294. The summed E-state index contributed by atoms with van der Waals surface area (Å²) in [4.78, 5) is 13.5. The molecule has 1 heterocycles. The molecule has 0 saturated carbocycles. The number of hydrogen-bond donors (Lipinski definition) is 1. The quantitative estimate of drug-likeness (QED) is 0.848. The third kappa shape index (κ3) is 2.61. The lowest BCUT2D eigenvalue weighted by Crippen LogP contribution is -2.46. The third-order valence-electron chi connectivity index (χ3n) is 3.70. The van der Waals surface area contributed by atoms with Gasteiger partial charge in [0, 0.05) is 13.1 Å². The van der Waals surface area contributed by atoms with Crippen LogP contribution in [0.3, 0.4) is 0 Å². The monoisotopic (exact) mass is 269 g/mol. The minimum Gasteiger partial charge on any atom is -0.391 e. The molecule has 0 radical (unpaired) electrons. The van der Waals surface area contributed by atoms with E-state index in [-0.39, 0.29) is 18.0 Å². The average Bonchev–Trinajstić information content (AvgIpc) is 2.37. The molecule has 3 nitrogen and oxygen atoms in total. The first-order valence-corrected chi connectivity index (χ1v) is 6.33. The molecule has 1 aliphatic heterocycles. The van der Waals surface area contributed by atoms with Gasteiger partial charge in [-0.1, -0.05) is 13.0 Å². The maximum atomic E-state index is 13.9. The van der Waals surface area contributed by atoms with Gasteiger partial charge in [0.25, 0.3) is 5.91 Å². The number of hydrogen-bond acceptors (Lipinski definition) is 2. The second-order valence-electron chi connectivity index (χ2n) is 5.14. The number of aliphatic hydroxyl groups excluding tert-OH is 1. The van der Waals surface area contributed by atoms with Crippen molar-refractivity contribution in [3.8, 4) is 0 Å². The molecule has 0 bridgehead atoms. The number of aliphatic hydroxyl groups is 1. The van der Waals surface area contributed by atoms with Gasteiger partial charge in [0.2, 0.25) is 0 Å². The first-order chi connectivity index (χ1) is 8.91. The topological polar surface area (TPSA) is 40.5 Å². The van der Waals surface area contributed by atoms with Crippen LogP contribution in [0.5, 0.6) is 0 Å². The Morgan fingerprint density at radius 1 is 1.42 bits per heavy atom. The van der Waals surface area contributed by atoms with Crippen molar-refractivity contribution in [2.24, 2.45) is 5.92 Å². The van der Waals surface area contributed by atoms with Crippen molar-refractivity contribution < 1.29 is 18.7 Å². The van der Waals surface area contributed by atoms with E-state index in [1.54, 1.807) is 0 Å². The summed E-state index contributed by atoms with van der Waals surface area (Å²) in [5.74, 6) is -2.28. The van der Waals surface area contributed by atoms with Crippen molar-refractivity contribution in [1.82, 2.24) is 4.90 Å². The van der Waals surface area contributed by atoms with Crippen LogP contribution in [0, 0.1) is 24.5 Å². The highest BCUT2D eigenvalue weighted by Gasteiger charge is 2.30. The molecule has 1 fully saturated rings. The fraction of sp³-hybridized carbons (Fsp3) is 0.500. The Labute approximate surface area is 110 Å². The Balaban J connectivity index is 2.28. The van der Waals surface area contributed by atoms with Crippen LogP contribution >= 0.6 is 0 Å². The highest BCUT2D eigenvalue weighted by molar-refractivity contribution is 5.95. The molecule has 0 aromatic heterocycles. The van der Waals surface area contributed by atoms with Crippen LogP contribution < -0.4 is 0 Å². The predicted molar refractivity (Wildman–Crippen MR) is 66.8 cm³/mol. The van der Waals surface area contributed by atoms with E-state index >= 15 is 0 Å². The molecular weight excluding hydrogens is 252 g/mol. The number of halogens is 2. The van der Waals surface area contributed by atoms with Crippen LogP contribution in [0.4, 0.5) is 8.78 Å².